The van der Waals surface area contributed by atoms with Crippen LogP contribution in [0.4, 0.5) is 0 Å². The highest BCUT2D eigenvalue weighted by Crippen LogP contribution is 2.26. The van der Waals surface area contributed by atoms with Crippen molar-refractivity contribution >= 4 is 17.3 Å². The predicted octanol–water partition coefficient (Wildman–Crippen LogP) is 2.69. The topological polar surface area (TPSA) is 58.7 Å². The van der Waals surface area contributed by atoms with E-state index in [1.54, 1.807) is 12.1 Å². The number of ether oxygens (including phenoxy) is 1. The standard InChI is InChI=1S/C17H20N2O2S/c1-21-16-11-14(7-8-15(16)20)12-19(17(18)22)10-9-13-5-3-2-4-6-13/h2-8,11,20H,9-10,12H2,1H3,(H2,18,22). The number of phenolic OH excluding ortho intramolecular Hbond substituents is 1. The molecule has 116 valence electrons. The number of thiocarbonyl (C=S) groups is 1. The van der Waals surface area contributed by atoms with Crippen molar-refractivity contribution in [3.05, 3.63) is 59.7 Å². The lowest BCUT2D eigenvalue weighted by Gasteiger charge is -2.23. The van der Waals surface area contributed by atoms with Crippen molar-refractivity contribution in [3.8, 4) is 11.5 Å². The minimum atomic E-state index is 0.123. The van der Waals surface area contributed by atoms with Crippen molar-refractivity contribution in [2.24, 2.45) is 5.73 Å². The van der Waals surface area contributed by atoms with Crippen molar-refractivity contribution < 1.29 is 9.84 Å². The number of hydrogen-bond donors (Lipinski definition) is 2. The molecule has 0 unspecified atom stereocenters. The Labute approximate surface area is 136 Å². The van der Waals surface area contributed by atoms with Gasteiger partial charge in [-0.05, 0) is 41.9 Å². The Bertz CT molecular complexity index is 632. The molecule has 0 atom stereocenters. The first kappa shape index (κ1) is 16.1. The molecular formula is C17H20N2O2S. The van der Waals surface area contributed by atoms with Gasteiger partial charge in [0, 0.05) is 13.1 Å². The minimum Gasteiger partial charge on any atom is -0.504 e. The lowest BCUT2D eigenvalue weighted by Crippen LogP contribution is -2.36. The van der Waals surface area contributed by atoms with Crippen LogP contribution in [-0.4, -0.2) is 28.8 Å². The third-order valence-electron chi connectivity index (χ3n) is 3.44. The van der Waals surface area contributed by atoms with Gasteiger partial charge in [0.2, 0.25) is 0 Å². The quantitative estimate of drug-likeness (QED) is 0.803. The lowest BCUT2D eigenvalue weighted by molar-refractivity contribution is 0.370. The maximum Gasteiger partial charge on any atom is 0.166 e. The van der Waals surface area contributed by atoms with Gasteiger partial charge in [-0.3, -0.25) is 0 Å². The number of hydrogen-bond acceptors (Lipinski definition) is 3. The molecule has 0 saturated carbocycles. The molecule has 2 rings (SSSR count). The second-order valence-corrected chi connectivity index (χ2v) is 5.42. The first-order chi connectivity index (χ1) is 10.6. The van der Waals surface area contributed by atoms with Crippen molar-refractivity contribution in [2.75, 3.05) is 13.7 Å². The van der Waals surface area contributed by atoms with Crippen LogP contribution in [0.3, 0.4) is 0 Å². The number of methoxy groups -OCH3 is 1. The Balaban J connectivity index is 2.04. The van der Waals surface area contributed by atoms with E-state index in [0.717, 1.165) is 18.5 Å². The molecule has 2 aromatic carbocycles. The molecule has 0 spiro atoms. The molecular weight excluding hydrogens is 296 g/mol. The van der Waals surface area contributed by atoms with Crippen LogP contribution < -0.4 is 10.5 Å². The molecule has 0 aromatic heterocycles. The van der Waals surface area contributed by atoms with Gasteiger partial charge < -0.3 is 20.5 Å². The van der Waals surface area contributed by atoms with Crippen molar-refractivity contribution in [1.29, 1.82) is 0 Å². The third kappa shape index (κ3) is 4.36. The summed E-state index contributed by atoms with van der Waals surface area (Å²) >= 11 is 5.14. The molecule has 0 aliphatic carbocycles. The fourth-order valence-corrected chi connectivity index (χ4v) is 2.37. The summed E-state index contributed by atoms with van der Waals surface area (Å²) in [6, 6.07) is 15.5. The van der Waals surface area contributed by atoms with Gasteiger partial charge in [-0.15, -0.1) is 0 Å². The molecule has 0 aliphatic rings. The van der Waals surface area contributed by atoms with Crippen LogP contribution in [0.5, 0.6) is 11.5 Å². The fraction of sp³-hybridized carbons (Fsp3) is 0.235. The summed E-state index contributed by atoms with van der Waals surface area (Å²) in [7, 11) is 1.53. The van der Waals surface area contributed by atoms with E-state index in [9.17, 15) is 5.11 Å². The molecule has 0 radical (unpaired) electrons. The Kier molecular flexibility index (Phi) is 5.61. The summed E-state index contributed by atoms with van der Waals surface area (Å²) in [6.45, 7) is 1.32. The fourth-order valence-electron chi connectivity index (χ4n) is 2.22. The first-order valence-corrected chi connectivity index (χ1v) is 7.45. The largest absolute Gasteiger partial charge is 0.504 e. The van der Waals surface area contributed by atoms with E-state index in [4.69, 9.17) is 22.7 Å². The SMILES string of the molecule is COc1cc(CN(CCc2ccccc2)C(N)=S)ccc1O. The summed E-state index contributed by atoms with van der Waals surface area (Å²) in [5.74, 6) is 0.570. The smallest absolute Gasteiger partial charge is 0.166 e. The number of nitrogens with zero attached hydrogens (tertiary/aromatic N) is 1. The molecule has 0 heterocycles. The average molecular weight is 316 g/mol. The second kappa shape index (κ2) is 7.66. The van der Waals surface area contributed by atoms with E-state index in [1.807, 2.05) is 29.2 Å². The van der Waals surface area contributed by atoms with Gasteiger partial charge in [-0.1, -0.05) is 36.4 Å². The second-order valence-electron chi connectivity index (χ2n) is 5.00. The number of nitrogens with two attached hydrogens (primary N) is 1. The van der Waals surface area contributed by atoms with E-state index in [1.165, 1.54) is 12.7 Å². The Morgan fingerprint density at radius 1 is 1.18 bits per heavy atom. The summed E-state index contributed by atoms with van der Waals surface area (Å²) in [4.78, 5) is 1.94. The van der Waals surface area contributed by atoms with E-state index < -0.39 is 0 Å². The highest BCUT2D eigenvalue weighted by Gasteiger charge is 2.10. The minimum absolute atomic E-state index is 0.123. The van der Waals surface area contributed by atoms with Crippen LogP contribution in [0.15, 0.2) is 48.5 Å². The van der Waals surface area contributed by atoms with Crippen molar-refractivity contribution in [3.63, 3.8) is 0 Å². The zero-order valence-electron chi connectivity index (χ0n) is 12.5. The van der Waals surface area contributed by atoms with Crippen LogP contribution in [0.1, 0.15) is 11.1 Å². The lowest BCUT2D eigenvalue weighted by atomic mass is 10.1. The highest BCUT2D eigenvalue weighted by atomic mass is 32.1. The molecule has 4 nitrogen and oxygen atoms in total. The third-order valence-corrected chi connectivity index (χ3v) is 3.70. The van der Waals surface area contributed by atoms with Crippen LogP contribution in [0, 0.1) is 0 Å². The summed E-state index contributed by atoms with van der Waals surface area (Å²) in [5.41, 5.74) is 8.05. The van der Waals surface area contributed by atoms with Crippen LogP contribution in [-0.2, 0) is 13.0 Å². The number of rotatable bonds is 6. The molecule has 0 fully saturated rings. The Morgan fingerprint density at radius 2 is 1.91 bits per heavy atom. The van der Waals surface area contributed by atoms with Gasteiger partial charge in [-0.25, -0.2) is 0 Å². The van der Waals surface area contributed by atoms with E-state index in [0.29, 0.717) is 17.4 Å². The van der Waals surface area contributed by atoms with Crippen LogP contribution in [0.2, 0.25) is 0 Å². The first-order valence-electron chi connectivity index (χ1n) is 7.04. The number of phenols is 1. The van der Waals surface area contributed by atoms with Gasteiger partial charge in [0.25, 0.3) is 0 Å². The van der Waals surface area contributed by atoms with Crippen molar-refractivity contribution in [1.82, 2.24) is 4.90 Å². The molecule has 0 saturated heterocycles. The van der Waals surface area contributed by atoms with Crippen LogP contribution >= 0.6 is 12.2 Å². The molecule has 0 aliphatic heterocycles. The van der Waals surface area contributed by atoms with Gasteiger partial charge in [0.05, 0.1) is 7.11 Å². The average Bonchev–Trinajstić information content (AvgIpc) is 2.53. The number of aromatic hydroxyl groups is 1. The van der Waals surface area contributed by atoms with E-state index >= 15 is 0 Å². The maximum absolute atomic E-state index is 9.64. The zero-order chi connectivity index (χ0) is 15.9. The summed E-state index contributed by atoms with van der Waals surface area (Å²) < 4.78 is 5.12. The Hall–Kier alpha value is -2.27. The zero-order valence-corrected chi connectivity index (χ0v) is 13.3. The maximum atomic E-state index is 9.64. The molecule has 0 amide bonds. The monoisotopic (exact) mass is 316 g/mol. The van der Waals surface area contributed by atoms with Crippen LogP contribution in [0.25, 0.3) is 0 Å². The van der Waals surface area contributed by atoms with E-state index in [-0.39, 0.29) is 5.75 Å². The molecule has 22 heavy (non-hydrogen) atoms. The van der Waals surface area contributed by atoms with Crippen molar-refractivity contribution in [2.45, 2.75) is 13.0 Å². The van der Waals surface area contributed by atoms with Gasteiger partial charge >= 0.3 is 0 Å². The molecule has 2 aromatic rings. The van der Waals surface area contributed by atoms with Gasteiger partial charge in [0.15, 0.2) is 16.6 Å². The predicted molar refractivity (Wildman–Crippen MR) is 92.0 cm³/mol. The normalized spacial score (nSPS) is 10.2. The van der Waals surface area contributed by atoms with E-state index in [2.05, 4.69) is 12.1 Å². The van der Waals surface area contributed by atoms with Gasteiger partial charge in [0.1, 0.15) is 0 Å². The number of benzene rings is 2. The Morgan fingerprint density at radius 3 is 2.55 bits per heavy atom. The summed E-state index contributed by atoms with van der Waals surface area (Å²) in [5, 5.41) is 10.0. The highest BCUT2D eigenvalue weighted by molar-refractivity contribution is 7.80. The summed E-state index contributed by atoms with van der Waals surface area (Å²) in [6.07, 6.45) is 0.868. The van der Waals surface area contributed by atoms with Gasteiger partial charge in [-0.2, -0.15) is 0 Å². The molecule has 5 heteroatoms. The molecule has 3 N–H and O–H groups in total. The molecule has 0 bridgehead atoms.